The van der Waals surface area contributed by atoms with Crippen molar-refractivity contribution in [2.75, 3.05) is 13.1 Å². The van der Waals surface area contributed by atoms with Gasteiger partial charge in [0.25, 0.3) is 11.8 Å². The number of benzene rings is 2. The highest BCUT2D eigenvalue weighted by Crippen LogP contribution is 2.11. The SMILES string of the molecule is O=C(NCCCNC(=O)c1ccccc1Cn1cccn1)c1ccccc1Cn1cccn1. The monoisotopic (exact) mass is 442 g/mol. The second-order valence-electron chi connectivity index (χ2n) is 7.59. The first-order valence-electron chi connectivity index (χ1n) is 10.9. The molecule has 0 aliphatic rings. The van der Waals surface area contributed by atoms with Crippen LogP contribution in [-0.4, -0.2) is 44.5 Å². The van der Waals surface area contributed by atoms with E-state index in [2.05, 4.69) is 20.8 Å². The van der Waals surface area contributed by atoms with Gasteiger partial charge >= 0.3 is 0 Å². The summed E-state index contributed by atoms with van der Waals surface area (Å²) >= 11 is 0. The van der Waals surface area contributed by atoms with Crippen LogP contribution in [0, 0.1) is 0 Å². The van der Waals surface area contributed by atoms with Crippen LogP contribution < -0.4 is 10.6 Å². The van der Waals surface area contributed by atoms with Crippen molar-refractivity contribution in [1.82, 2.24) is 30.2 Å². The van der Waals surface area contributed by atoms with Crippen LogP contribution in [-0.2, 0) is 13.1 Å². The van der Waals surface area contributed by atoms with Gasteiger partial charge in [-0.2, -0.15) is 10.2 Å². The molecule has 0 aliphatic carbocycles. The highest BCUT2D eigenvalue weighted by Gasteiger charge is 2.12. The summed E-state index contributed by atoms with van der Waals surface area (Å²) in [6.07, 6.45) is 7.79. The largest absolute Gasteiger partial charge is 0.352 e. The molecular weight excluding hydrogens is 416 g/mol. The van der Waals surface area contributed by atoms with Crippen molar-refractivity contribution in [2.45, 2.75) is 19.5 Å². The molecule has 0 aliphatic heterocycles. The molecule has 168 valence electrons. The lowest BCUT2D eigenvalue weighted by molar-refractivity contribution is 0.0950. The molecule has 0 fully saturated rings. The van der Waals surface area contributed by atoms with E-state index >= 15 is 0 Å². The van der Waals surface area contributed by atoms with Crippen molar-refractivity contribution in [3.8, 4) is 0 Å². The summed E-state index contributed by atoms with van der Waals surface area (Å²) in [6, 6.07) is 18.7. The van der Waals surface area contributed by atoms with Crippen molar-refractivity contribution < 1.29 is 9.59 Å². The van der Waals surface area contributed by atoms with Crippen molar-refractivity contribution in [3.63, 3.8) is 0 Å². The van der Waals surface area contributed by atoms with Gasteiger partial charge in [0.1, 0.15) is 0 Å². The summed E-state index contributed by atoms with van der Waals surface area (Å²) in [5.74, 6) is -0.262. The van der Waals surface area contributed by atoms with E-state index in [1.165, 1.54) is 0 Å². The van der Waals surface area contributed by atoms with Crippen LogP contribution in [0.1, 0.15) is 38.3 Å². The minimum absolute atomic E-state index is 0.131. The molecule has 0 unspecified atom stereocenters. The van der Waals surface area contributed by atoms with E-state index in [9.17, 15) is 9.59 Å². The number of hydrogen-bond acceptors (Lipinski definition) is 4. The predicted molar refractivity (Wildman–Crippen MR) is 125 cm³/mol. The Kier molecular flexibility index (Phi) is 7.27. The lowest BCUT2D eigenvalue weighted by atomic mass is 10.1. The minimum atomic E-state index is -0.131. The topological polar surface area (TPSA) is 93.8 Å². The maximum Gasteiger partial charge on any atom is 0.251 e. The summed E-state index contributed by atoms with van der Waals surface area (Å²) in [6.45, 7) is 1.99. The first-order chi connectivity index (χ1) is 16.2. The Hall–Kier alpha value is -4.20. The van der Waals surface area contributed by atoms with Crippen LogP contribution in [0.15, 0.2) is 85.5 Å². The van der Waals surface area contributed by atoms with Crippen molar-refractivity contribution in [1.29, 1.82) is 0 Å². The first kappa shape index (κ1) is 22.0. The molecule has 0 saturated carbocycles. The first-order valence-corrected chi connectivity index (χ1v) is 10.9. The summed E-state index contributed by atoms with van der Waals surface area (Å²) < 4.78 is 3.57. The number of carbonyl (C=O) groups is 2. The highest BCUT2D eigenvalue weighted by atomic mass is 16.2. The fourth-order valence-corrected chi connectivity index (χ4v) is 3.58. The number of nitrogens with zero attached hydrogens (tertiary/aromatic N) is 4. The molecular formula is C25H26N6O2. The van der Waals surface area contributed by atoms with E-state index < -0.39 is 0 Å². The van der Waals surface area contributed by atoms with E-state index in [0.29, 0.717) is 43.7 Å². The molecule has 0 bridgehead atoms. The van der Waals surface area contributed by atoms with Crippen LogP contribution in [0.4, 0.5) is 0 Å². The summed E-state index contributed by atoms with van der Waals surface area (Å²) in [4.78, 5) is 25.3. The molecule has 2 amide bonds. The second-order valence-corrected chi connectivity index (χ2v) is 7.59. The lowest BCUT2D eigenvalue weighted by Crippen LogP contribution is -2.31. The third-order valence-corrected chi connectivity index (χ3v) is 5.23. The molecule has 4 rings (SSSR count). The normalized spacial score (nSPS) is 10.7. The summed E-state index contributed by atoms with van der Waals surface area (Å²) in [5, 5.41) is 14.3. The molecule has 2 aromatic heterocycles. The molecule has 0 radical (unpaired) electrons. The Bertz CT molecular complexity index is 1090. The van der Waals surface area contributed by atoms with E-state index in [1.54, 1.807) is 21.8 Å². The minimum Gasteiger partial charge on any atom is -0.352 e. The van der Waals surface area contributed by atoms with Crippen molar-refractivity contribution in [3.05, 3.63) is 108 Å². The molecule has 0 atom stereocenters. The smallest absolute Gasteiger partial charge is 0.251 e. The molecule has 2 N–H and O–H groups in total. The molecule has 8 nitrogen and oxygen atoms in total. The second kappa shape index (κ2) is 10.9. The third-order valence-electron chi connectivity index (χ3n) is 5.23. The maximum absolute atomic E-state index is 12.7. The molecule has 0 spiro atoms. The Labute approximate surface area is 192 Å². The molecule has 0 saturated heterocycles. The van der Waals surface area contributed by atoms with Gasteiger partial charge in [0, 0.05) is 49.0 Å². The van der Waals surface area contributed by atoms with Gasteiger partial charge in [-0.25, -0.2) is 0 Å². The number of nitrogens with one attached hydrogen (secondary N) is 2. The van der Waals surface area contributed by atoms with Crippen LogP contribution >= 0.6 is 0 Å². The Morgan fingerprint density at radius 2 is 1.12 bits per heavy atom. The van der Waals surface area contributed by atoms with E-state index in [0.717, 1.165) is 11.1 Å². The van der Waals surface area contributed by atoms with Gasteiger partial charge in [-0.05, 0) is 41.8 Å². The lowest BCUT2D eigenvalue weighted by Gasteiger charge is -2.12. The molecule has 4 aromatic rings. The predicted octanol–water partition coefficient (Wildman–Crippen LogP) is 2.73. The molecule has 33 heavy (non-hydrogen) atoms. The zero-order chi connectivity index (χ0) is 22.9. The van der Waals surface area contributed by atoms with E-state index in [-0.39, 0.29) is 11.8 Å². The standard InChI is InChI=1S/C25H26N6O2/c32-24(22-10-3-1-8-20(22)18-30-16-6-14-28-30)26-12-5-13-27-25(33)23-11-4-2-9-21(23)19-31-17-7-15-29-31/h1-4,6-11,14-17H,5,12-13,18-19H2,(H,26,32)(H,27,33). The fourth-order valence-electron chi connectivity index (χ4n) is 3.58. The quantitative estimate of drug-likeness (QED) is 0.369. The third kappa shape index (κ3) is 5.94. The van der Waals surface area contributed by atoms with E-state index in [1.807, 2.05) is 73.1 Å². The zero-order valence-electron chi connectivity index (χ0n) is 18.2. The van der Waals surface area contributed by atoms with Gasteiger partial charge < -0.3 is 10.6 Å². The van der Waals surface area contributed by atoms with Crippen LogP contribution in [0.25, 0.3) is 0 Å². The van der Waals surface area contributed by atoms with Gasteiger partial charge in [0.05, 0.1) is 13.1 Å². The Morgan fingerprint density at radius 3 is 1.55 bits per heavy atom. The summed E-state index contributed by atoms with van der Waals surface area (Å²) in [5.41, 5.74) is 3.07. The number of amides is 2. The van der Waals surface area contributed by atoms with Gasteiger partial charge in [-0.3, -0.25) is 19.0 Å². The molecule has 2 aromatic carbocycles. The number of carbonyl (C=O) groups excluding carboxylic acids is 2. The zero-order valence-corrected chi connectivity index (χ0v) is 18.2. The number of aromatic nitrogens is 4. The molecule has 8 heteroatoms. The van der Waals surface area contributed by atoms with Crippen LogP contribution in [0.5, 0.6) is 0 Å². The number of hydrogen-bond donors (Lipinski definition) is 2. The fraction of sp³-hybridized carbons (Fsp3) is 0.200. The summed E-state index contributed by atoms with van der Waals surface area (Å²) in [7, 11) is 0. The van der Waals surface area contributed by atoms with E-state index in [4.69, 9.17) is 0 Å². The van der Waals surface area contributed by atoms with Gasteiger partial charge in [-0.1, -0.05) is 36.4 Å². The van der Waals surface area contributed by atoms with Gasteiger partial charge in [-0.15, -0.1) is 0 Å². The van der Waals surface area contributed by atoms with Crippen molar-refractivity contribution >= 4 is 11.8 Å². The van der Waals surface area contributed by atoms with Gasteiger partial charge in [0.15, 0.2) is 0 Å². The van der Waals surface area contributed by atoms with Crippen LogP contribution in [0.2, 0.25) is 0 Å². The van der Waals surface area contributed by atoms with Gasteiger partial charge in [0.2, 0.25) is 0 Å². The van der Waals surface area contributed by atoms with Crippen LogP contribution in [0.3, 0.4) is 0 Å². The number of rotatable bonds is 10. The maximum atomic E-state index is 12.7. The highest BCUT2D eigenvalue weighted by molar-refractivity contribution is 5.96. The molecule has 2 heterocycles. The average molecular weight is 443 g/mol. The Balaban J connectivity index is 1.25. The Morgan fingerprint density at radius 1 is 0.667 bits per heavy atom. The van der Waals surface area contributed by atoms with Crippen molar-refractivity contribution in [2.24, 2.45) is 0 Å². The average Bonchev–Trinajstić information content (AvgIpc) is 3.54.